The Morgan fingerprint density at radius 3 is 2.50 bits per heavy atom. The topological polar surface area (TPSA) is 52.4 Å². The van der Waals surface area contributed by atoms with Crippen LogP contribution in [0.3, 0.4) is 0 Å². The van der Waals surface area contributed by atoms with E-state index in [9.17, 15) is 14.5 Å². The normalized spacial score (nSPS) is 11.5. The molecule has 0 saturated carbocycles. The van der Waals surface area contributed by atoms with Gasteiger partial charge in [-0.15, -0.1) is 0 Å². The average Bonchev–Trinajstić information content (AvgIpc) is 2.13. The minimum Gasteiger partial charge on any atom is -0.371 e. The Hall–Kier alpha value is -1.49. The van der Waals surface area contributed by atoms with Gasteiger partial charge in [-0.3, -0.25) is 10.1 Å². The second-order valence-electron chi connectivity index (χ2n) is 4.44. The second kappa shape index (κ2) is 4.57. The molecule has 0 fully saturated rings. The Kier molecular flexibility index (Phi) is 3.59. The number of benzene rings is 1. The summed E-state index contributed by atoms with van der Waals surface area (Å²) in [5, 5.41) is 10.4. The maximum atomic E-state index is 13.2. The highest BCUT2D eigenvalue weighted by Gasteiger charge is 2.15. The molecule has 0 radical (unpaired) electrons. The Morgan fingerprint density at radius 2 is 2.06 bits per heavy atom. The zero-order chi connectivity index (χ0) is 12.3. The molecule has 0 aliphatic rings. The monoisotopic (exact) mass is 227 g/mol. The van der Waals surface area contributed by atoms with E-state index in [1.54, 1.807) is 0 Å². The van der Waals surface area contributed by atoms with Crippen molar-refractivity contribution in [3.8, 4) is 0 Å². The molecule has 0 spiro atoms. The lowest BCUT2D eigenvalue weighted by molar-refractivity contribution is -0.387. The van der Waals surface area contributed by atoms with E-state index in [1.165, 1.54) is 6.07 Å². The van der Waals surface area contributed by atoms with Crippen LogP contribution in [0.5, 0.6) is 0 Å². The number of nitro groups is 1. The molecule has 16 heavy (non-hydrogen) atoms. The number of nitrogens with zero attached hydrogens (tertiary/aromatic N) is 1. The maximum Gasteiger partial charge on any atom is 0.304 e. The fraction of sp³-hybridized carbons (Fsp3) is 0.455. The third kappa shape index (κ3) is 3.58. The van der Waals surface area contributed by atoms with Crippen molar-refractivity contribution in [2.75, 3.05) is 0 Å². The van der Waals surface area contributed by atoms with Crippen LogP contribution in [-0.4, -0.2) is 10.5 Å². The predicted octanol–water partition coefficient (Wildman–Crippen LogP) is 3.05. The summed E-state index contributed by atoms with van der Waals surface area (Å²) in [7, 11) is 0. The molecule has 0 bridgehead atoms. The van der Waals surface area contributed by atoms with E-state index >= 15 is 0 Å². The van der Waals surface area contributed by atoms with E-state index in [0.717, 1.165) is 12.1 Å². The zero-order valence-electron chi connectivity index (χ0n) is 9.49. The summed E-state index contributed by atoms with van der Waals surface area (Å²) >= 11 is 0. The maximum absolute atomic E-state index is 13.2. The van der Waals surface area contributed by atoms with Gasteiger partial charge < -0.3 is 4.74 Å². The van der Waals surface area contributed by atoms with E-state index < -0.39 is 16.4 Å². The number of nitro benzene ring substituents is 1. The largest absolute Gasteiger partial charge is 0.371 e. The number of halogens is 1. The molecule has 1 aromatic carbocycles. The van der Waals surface area contributed by atoms with Gasteiger partial charge in [-0.25, -0.2) is 0 Å². The van der Waals surface area contributed by atoms with Crippen LogP contribution in [0.25, 0.3) is 0 Å². The van der Waals surface area contributed by atoms with Crippen molar-refractivity contribution in [1.29, 1.82) is 0 Å². The first-order valence-corrected chi connectivity index (χ1v) is 4.86. The molecule has 88 valence electrons. The van der Waals surface area contributed by atoms with Crippen LogP contribution in [0.2, 0.25) is 0 Å². The fourth-order valence-electron chi connectivity index (χ4n) is 1.09. The summed E-state index contributed by atoms with van der Waals surface area (Å²) in [6.07, 6.45) is 0. The number of hydrogen-bond donors (Lipinski definition) is 0. The first kappa shape index (κ1) is 12.6. The molecule has 5 heteroatoms. The summed E-state index contributed by atoms with van der Waals surface area (Å²) < 4.78 is 18.7. The summed E-state index contributed by atoms with van der Waals surface area (Å²) in [4.78, 5) is 9.64. The van der Waals surface area contributed by atoms with E-state index in [-0.39, 0.29) is 12.2 Å². The van der Waals surface area contributed by atoms with Gasteiger partial charge >= 0.3 is 5.69 Å². The standard InChI is InChI=1S/C11H14FNO3/c1-11(2,3)16-7-8-4-5-10(13(14)15)9(12)6-8/h4-6H,7H2,1-3H3. The predicted molar refractivity (Wildman–Crippen MR) is 57.6 cm³/mol. The highest BCUT2D eigenvalue weighted by Crippen LogP contribution is 2.19. The number of ether oxygens (including phenoxy) is 1. The summed E-state index contributed by atoms with van der Waals surface area (Å²) in [5.74, 6) is -0.833. The molecule has 1 aromatic rings. The van der Waals surface area contributed by atoms with Crippen molar-refractivity contribution >= 4 is 5.69 Å². The Labute approximate surface area is 93.2 Å². The smallest absolute Gasteiger partial charge is 0.304 e. The van der Waals surface area contributed by atoms with Crippen LogP contribution in [0.1, 0.15) is 26.3 Å². The first-order chi connectivity index (χ1) is 7.29. The molecule has 0 aliphatic heterocycles. The van der Waals surface area contributed by atoms with Crippen molar-refractivity contribution in [3.05, 3.63) is 39.7 Å². The highest BCUT2D eigenvalue weighted by atomic mass is 19.1. The fourth-order valence-corrected chi connectivity index (χ4v) is 1.09. The summed E-state index contributed by atoms with van der Waals surface area (Å²) in [6.45, 7) is 5.89. The zero-order valence-corrected chi connectivity index (χ0v) is 9.49. The van der Waals surface area contributed by atoms with Crippen molar-refractivity contribution < 1.29 is 14.1 Å². The lowest BCUT2D eigenvalue weighted by Gasteiger charge is -2.19. The van der Waals surface area contributed by atoms with Crippen LogP contribution >= 0.6 is 0 Å². The summed E-state index contributed by atoms with van der Waals surface area (Å²) in [5.41, 5.74) is -0.254. The molecule has 0 aromatic heterocycles. The lowest BCUT2D eigenvalue weighted by atomic mass is 10.1. The van der Waals surface area contributed by atoms with Crippen LogP contribution in [0.4, 0.5) is 10.1 Å². The van der Waals surface area contributed by atoms with Crippen molar-refractivity contribution in [3.63, 3.8) is 0 Å². The molecule has 0 N–H and O–H groups in total. The second-order valence-corrected chi connectivity index (χ2v) is 4.44. The lowest BCUT2D eigenvalue weighted by Crippen LogP contribution is -2.18. The van der Waals surface area contributed by atoms with Crippen LogP contribution in [-0.2, 0) is 11.3 Å². The van der Waals surface area contributed by atoms with Gasteiger partial charge in [0.15, 0.2) is 0 Å². The number of rotatable bonds is 3. The third-order valence-electron chi connectivity index (χ3n) is 1.88. The van der Waals surface area contributed by atoms with E-state index in [1.807, 2.05) is 20.8 Å². The van der Waals surface area contributed by atoms with Crippen LogP contribution in [0.15, 0.2) is 18.2 Å². The SMILES string of the molecule is CC(C)(C)OCc1ccc([N+](=O)[O-])c(F)c1. The van der Waals surface area contributed by atoms with Crippen molar-refractivity contribution in [2.45, 2.75) is 33.0 Å². The van der Waals surface area contributed by atoms with Gasteiger partial charge in [0.05, 0.1) is 17.1 Å². The Balaban J connectivity index is 2.78. The van der Waals surface area contributed by atoms with Crippen molar-refractivity contribution in [2.24, 2.45) is 0 Å². The minimum atomic E-state index is -0.833. The van der Waals surface area contributed by atoms with Gasteiger partial charge in [-0.1, -0.05) is 0 Å². The Morgan fingerprint density at radius 1 is 1.44 bits per heavy atom. The molecule has 1 rings (SSSR count). The molecule has 0 amide bonds. The van der Waals surface area contributed by atoms with Gasteiger partial charge in [0.25, 0.3) is 0 Å². The van der Waals surface area contributed by atoms with Crippen LogP contribution in [0, 0.1) is 15.9 Å². The molecular weight excluding hydrogens is 213 g/mol. The van der Waals surface area contributed by atoms with Crippen LogP contribution < -0.4 is 0 Å². The van der Waals surface area contributed by atoms with E-state index in [4.69, 9.17) is 4.74 Å². The van der Waals surface area contributed by atoms with E-state index in [2.05, 4.69) is 0 Å². The molecule has 4 nitrogen and oxygen atoms in total. The third-order valence-corrected chi connectivity index (χ3v) is 1.88. The molecule has 0 saturated heterocycles. The Bertz CT molecular complexity index is 399. The molecular formula is C11H14FNO3. The van der Waals surface area contributed by atoms with Gasteiger partial charge in [-0.05, 0) is 38.5 Å². The quantitative estimate of drug-likeness (QED) is 0.589. The van der Waals surface area contributed by atoms with E-state index in [0.29, 0.717) is 5.56 Å². The number of hydrogen-bond acceptors (Lipinski definition) is 3. The highest BCUT2D eigenvalue weighted by molar-refractivity contribution is 5.34. The van der Waals surface area contributed by atoms with Crippen molar-refractivity contribution in [1.82, 2.24) is 0 Å². The van der Waals surface area contributed by atoms with Gasteiger partial charge in [0, 0.05) is 6.07 Å². The first-order valence-electron chi connectivity index (χ1n) is 4.86. The van der Waals surface area contributed by atoms with Gasteiger partial charge in [-0.2, -0.15) is 4.39 Å². The summed E-state index contributed by atoms with van der Waals surface area (Å²) in [6, 6.07) is 3.77. The average molecular weight is 227 g/mol. The minimum absolute atomic E-state index is 0.235. The molecule has 0 heterocycles. The van der Waals surface area contributed by atoms with Gasteiger partial charge in [0.1, 0.15) is 0 Å². The molecule has 0 unspecified atom stereocenters. The molecule has 0 atom stereocenters. The van der Waals surface area contributed by atoms with Gasteiger partial charge in [0.2, 0.25) is 5.82 Å². The molecule has 0 aliphatic carbocycles.